The summed E-state index contributed by atoms with van der Waals surface area (Å²) in [5.41, 5.74) is 0.255. The molecule has 0 spiro atoms. The average Bonchev–Trinajstić information content (AvgIpc) is 2.38. The van der Waals surface area contributed by atoms with E-state index in [0.29, 0.717) is 5.92 Å². The Labute approximate surface area is 116 Å². The van der Waals surface area contributed by atoms with Crippen molar-refractivity contribution in [2.24, 2.45) is 17.3 Å². The van der Waals surface area contributed by atoms with E-state index in [0.717, 1.165) is 38.9 Å². The molecular formula is C15H28N2O2. The quantitative estimate of drug-likeness (QED) is 0.680. The molecule has 0 aromatic rings. The van der Waals surface area contributed by atoms with Gasteiger partial charge in [0.1, 0.15) is 0 Å². The molecule has 19 heavy (non-hydrogen) atoms. The van der Waals surface area contributed by atoms with Gasteiger partial charge in [0.25, 0.3) is 0 Å². The second-order valence-corrected chi connectivity index (χ2v) is 6.37. The van der Waals surface area contributed by atoms with Gasteiger partial charge in [-0.25, -0.2) is 0 Å². The van der Waals surface area contributed by atoms with Crippen LogP contribution in [-0.4, -0.2) is 37.3 Å². The number of amides is 1. The van der Waals surface area contributed by atoms with Crippen LogP contribution in [0.25, 0.3) is 0 Å². The lowest BCUT2D eigenvalue weighted by molar-refractivity contribution is -0.127. The number of carbonyl (C=O) groups excluding carboxylic acids is 1. The molecule has 1 atom stereocenters. The summed E-state index contributed by atoms with van der Waals surface area (Å²) in [5.74, 6) is 0.940. The zero-order valence-electron chi connectivity index (χ0n) is 12.1. The Bertz CT molecular complexity index is 297. The average molecular weight is 268 g/mol. The van der Waals surface area contributed by atoms with Gasteiger partial charge in [0.2, 0.25) is 5.91 Å². The second kappa shape index (κ2) is 6.71. The largest absolute Gasteiger partial charge is 0.396 e. The van der Waals surface area contributed by atoms with Gasteiger partial charge in [-0.15, -0.1) is 0 Å². The lowest BCUT2D eigenvalue weighted by Gasteiger charge is -2.47. The minimum absolute atomic E-state index is 0.200. The van der Waals surface area contributed by atoms with E-state index in [9.17, 15) is 4.79 Å². The number of piperidine rings is 1. The number of hydrogen-bond donors (Lipinski definition) is 3. The van der Waals surface area contributed by atoms with E-state index in [-0.39, 0.29) is 23.8 Å². The highest BCUT2D eigenvalue weighted by atomic mass is 16.3. The summed E-state index contributed by atoms with van der Waals surface area (Å²) in [6.45, 7) is 5.20. The van der Waals surface area contributed by atoms with E-state index in [1.54, 1.807) is 0 Å². The molecule has 1 saturated carbocycles. The molecule has 4 nitrogen and oxygen atoms in total. The predicted octanol–water partition coefficient (Wildman–Crippen LogP) is 1.29. The van der Waals surface area contributed by atoms with Crippen LogP contribution in [0.4, 0.5) is 0 Å². The van der Waals surface area contributed by atoms with Crippen LogP contribution in [0.5, 0.6) is 0 Å². The third-order valence-electron chi connectivity index (χ3n) is 5.28. The molecule has 2 rings (SSSR count). The Morgan fingerprint density at radius 1 is 1.42 bits per heavy atom. The van der Waals surface area contributed by atoms with Crippen molar-refractivity contribution < 1.29 is 9.90 Å². The minimum atomic E-state index is 0.200. The zero-order chi connectivity index (χ0) is 13.7. The van der Waals surface area contributed by atoms with Crippen LogP contribution in [0.1, 0.15) is 45.4 Å². The molecule has 3 N–H and O–H groups in total. The molecule has 0 bridgehead atoms. The number of rotatable bonds is 6. The van der Waals surface area contributed by atoms with Gasteiger partial charge < -0.3 is 15.7 Å². The predicted molar refractivity (Wildman–Crippen MR) is 75.8 cm³/mol. The van der Waals surface area contributed by atoms with E-state index in [1.807, 2.05) is 0 Å². The number of nitrogens with one attached hydrogen (secondary N) is 2. The van der Waals surface area contributed by atoms with Gasteiger partial charge in [-0.2, -0.15) is 0 Å². The number of aliphatic hydroxyl groups excluding tert-OH is 1. The first-order valence-corrected chi connectivity index (χ1v) is 7.77. The molecule has 4 heteroatoms. The van der Waals surface area contributed by atoms with E-state index in [1.165, 1.54) is 19.3 Å². The molecule has 1 amide bonds. The topological polar surface area (TPSA) is 61.4 Å². The number of carbonyl (C=O) groups is 1. The van der Waals surface area contributed by atoms with Crippen molar-refractivity contribution >= 4 is 5.91 Å². The Hall–Kier alpha value is -0.610. The van der Waals surface area contributed by atoms with Gasteiger partial charge in [0.05, 0.1) is 0 Å². The molecule has 0 radical (unpaired) electrons. The lowest BCUT2D eigenvalue weighted by atomic mass is 9.60. The Kier molecular flexibility index (Phi) is 5.22. The molecule has 1 heterocycles. The summed E-state index contributed by atoms with van der Waals surface area (Å²) in [6.07, 6.45) is 6.43. The van der Waals surface area contributed by atoms with E-state index in [2.05, 4.69) is 17.6 Å². The normalized spacial score (nSPS) is 24.5. The van der Waals surface area contributed by atoms with Crippen molar-refractivity contribution in [1.82, 2.24) is 10.6 Å². The van der Waals surface area contributed by atoms with Crippen LogP contribution in [0.2, 0.25) is 0 Å². The fourth-order valence-corrected chi connectivity index (χ4v) is 3.47. The van der Waals surface area contributed by atoms with Crippen LogP contribution < -0.4 is 10.6 Å². The molecule has 1 aliphatic carbocycles. The fourth-order valence-electron chi connectivity index (χ4n) is 3.47. The minimum Gasteiger partial charge on any atom is -0.396 e. The van der Waals surface area contributed by atoms with E-state index < -0.39 is 0 Å². The first-order valence-electron chi connectivity index (χ1n) is 7.77. The highest BCUT2D eigenvalue weighted by molar-refractivity contribution is 5.78. The molecule has 2 fully saturated rings. The standard InChI is InChI=1S/C15H28N2O2/c1-12(5-10-18)15(6-2-7-15)11-17-14(19)13-3-8-16-9-4-13/h12-13,16,18H,2-11H2,1H3,(H,17,19). The van der Waals surface area contributed by atoms with Gasteiger partial charge in [-0.3, -0.25) is 4.79 Å². The van der Waals surface area contributed by atoms with Crippen LogP contribution in [0.15, 0.2) is 0 Å². The molecule has 1 aliphatic heterocycles. The maximum absolute atomic E-state index is 12.2. The van der Waals surface area contributed by atoms with Crippen LogP contribution in [0, 0.1) is 17.3 Å². The molecule has 0 aromatic heterocycles. The number of aliphatic hydroxyl groups is 1. The summed E-state index contributed by atoms with van der Waals surface area (Å²) in [4.78, 5) is 12.2. The van der Waals surface area contributed by atoms with Crippen molar-refractivity contribution in [3.05, 3.63) is 0 Å². The number of hydrogen-bond acceptors (Lipinski definition) is 3. The Morgan fingerprint density at radius 3 is 2.63 bits per heavy atom. The SMILES string of the molecule is CC(CCO)C1(CNC(=O)C2CCNCC2)CCC1. The van der Waals surface area contributed by atoms with Crippen molar-refractivity contribution in [1.29, 1.82) is 0 Å². The monoisotopic (exact) mass is 268 g/mol. The van der Waals surface area contributed by atoms with E-state index in [4.69, 9.17) is 5.11 Å². The summed E-state index contributed by atoms with van der Waals surface area (Å²) < 4.78 is 0. The first-order chi connectivity index (χ1) is 9.18. The van der Waals surface area contributed by atoms with Crippen molar-refractivity contribution in [2.45, 2.75) is 45.4 Å². The maximum Gasteiger partial charge on any atom is 0.223 e. The van der Waals surface area contributed by atoms with Gasteiger partial charge in [-0.05, 0) is 56.5 Å². The van der Waals surface area contributed by atoms with Crippen molar-refractivity contribution in [3.63, 3.8) is 0 Å². The molecule has 1 saturated heterocycles. The Balaban J connectivity index is 1.80. The van der Waals surface area contributed by atoms with Gasteiger partial charge in [0, 0.05) is 19.1 Å². The molecule has 110 valence electrons. The summed E-state index contributed by atoms with van der Waals surface area (Å²) >= 11 is 0. The molecule has 1 unspecified atom stereocenters. The van der Waals surface area contributed by atoms with Gasteiger partial charge >= 0.3 is 0 Å². The van der Waals surface area contributed by atoms with Crippen molar-refractivity contribution in [2.75, 3.05) is 26.2 Å². The van der Waals surface area contributed by atoms with Crippen LogP contribution >= 0.6 is 0 Å². The third-order valence-corrected chi connectivity index (χ3v) is 5.28. The van der Waals surface area contributed by atoms with Gasteiger partial charge in [-0.1, -0.05) is 13.3 Å². The first kappa shape index (κ1) is 14.8. The second-order valence-electron chi connectivity index (χ2n) is 6.37. The summed E-state index contributed by atoms with van der Waals surface area (Å²) in [7, 11) is 0. The van der Waals surface area contributed by atoms with Crippen LogP contribution in [-0.2, 0) is 4.79 Å². The zero-order valence-corrected chi connectivity index (χ0v) is 12.1. The Morgan fingerprint density at radius 2 is 2.11 bits per heavy atom. The molecule has 2 aliphatic rings. The fraction of sp³-hybridized carbons (Fsp3) is 0.933. The molecular weight excluding hydrogens is 240 g/mol. The summed E-state index contributed by atoms with van der Waals surface area (Å²) in [5, 5.41) is 15.6. The molecule has 0 aromatic carbocycles. The van der Waals surface area contributed by atoms with Crippen LogP contribution in [0.3, 0.4) is 0 Å². The van der Waals surface area contributed by atoms with E-state index >= 15 is 0 Å². The maximum atomic E-state index is 12.2. The van der Waals surface area contributed by atoms with Gasteiger partial charge in [0.15, 0.2) is 0 Å². The highest BCUT2D eigenvalue weighted by Crippen LogP contribution is 2.47. The lowest BCUT2D eigenvalue weighted by Crippen LogP contribution is -2.48. The smallest absolute Gasteiger partial charge is 0.223 e. The highest BCUT2D eigenvalue weighted by Gasteiger charge is 2.41. The summed E-state index contributed by atoms with van der Waals surface area (Å²) in [6, 6.07) is 0. The van der Waals surface area contributed by atoms with Crippen molar-refractivity contribution in [3.8, 4) is 0 Å². The third kappa shape index (κ3) is 3.48.